The summed E-state index contributed by atoms with van der Waals surface area (Å²) in [6.07, 6.45) is 4.00. The summed E-state index contributed by atoms with van der Waals surface area (Å²) < 4.78 is 5.63. The van der Waals surface area contributed by atoms with Gasteiger partial charge < -0.3 is 15.2 Å². The normalized spacial score (nSPS) is 19.3. The number of hydrogen-bond donors (Lipinski definition) is 2. The number of hydrogen-bond acceptors (Lipinski definition) is 3. The average Bonchev–Trinajstić information content (AvgIpc) is 2.98. The molecule has 0 radical (unpaired) electrons. The van der Waals surface area contributed by atoms with Crippen molar-refractivity contribution in [3.63, 3.8) is 0 Å². The van der Waals surface area contributed by atoms with E-state index in [2.05, 4.69) is 19.2 Å². The minimum absolute atomic E-state index is 0.213. The molecule has 1 aliphatic carbocycles. The van der Waals surface area contributed by atoms with E-state index in [1.54, 1.807) is 0 Å². The molecule has 4 nitrogen and oxygen atoms in total. The van der Waals surface area contributed by atoms with Gasteiger partial charge in [-0.05, 0) is 38.5 Å². The lowest BCUT2D eigenvalue weighted by Crippen LogP contribution is -2.39. The molecular weight excluding hydrogens is 218 g/mol. The van der Waals surface area contributed by atoms with E-state index in [4.69, 9.17) is 9.84 Å². The van der Waals surface area contributed by atoms with Crippen LogP contribution in [0, 0.1) is 5.92 Å². The first-order chi connectivity index (χ1) is 7.99. The van der Waals surface area contributed by atoms with Gasteiger partial charge in [0.15, 0.2) is 0 Å². The molecule has 4 heteroatoms. The van der Waals surface area contributed by atoms with Gasteiger partial charge in [0.05, 0.1) is 6.10 Å². The fourth-order valence-electron chi connectivity index (χ4n) is 1.93. The van der Waals surface area contributed by atoms with Gasteiger partial charge in [-0.1, -0.05) is 13.8 Å². The van der Waals surface area contributed by atoms with Crippen LogP contribution in [0.1, 0.15) is 46.5 Å². The van der Waals surface area contributed by atoms with Crippen LogP contribution in [0.25, 0.3) is 0 Å². The summed E-state index contributed by atoms with van der Waals surface area (Å²) in [5.74, 6) is -0.151. The topological polar surface area (TPSA) is 58.6 Å². The summed E-state index contributed by atoms with van der Waals surface area (Å²) in [6.45, 7) is 6.89. The highest BCUT2D eigenvalue weighted by Crippen LogP contribution is 2.20. The summed E-state index contributed by atoms with van der Waals surface area (Å²) in [5, 5.41) is 12.2. The lowest BCUT2D eigenvalue weighted by atomic mass is 10.1. The SMILES string of the molecule is CC(C)CC(C)OCCC(NC1CC1)C(=O)O. The van der Waals surface area contributed by atoms with Crippen molar-refractivity contribution >= 4 is 5.97 Å². The van der Waals surface area contributed by atoms with E-state index < -0.39 is 12.0 Å². The van der Waals surface area contributed by atoms with E-state index in [9.17, 15) is 4.79 Å². The standard InChI is InChI=1S/C13H25NO3/c1-9(2)8-10(3)17-7-6-12(13(15)16)14-11-4-5-11/h9-12,14H,4-8H2,1-3H3,(H,15,16). The fraction of sp³-hybridized carbons (Fsp3) is 0.923. The molecule has 2 unspecified atom stereocenters. The van der Waals surface area contributed by atoms with Crippen LogP contribution in [0.4, 0.5) is 0 Å². The molecule has 0 aromatic heterocycles. The van der Waals surface area contributed by atoms with Crippen molar-refractivity contribution in [1.29, 1.82) is 0 Å². The van der Waals surface area contributed by atoms with Gasteiger partial charge in [0, 0.05) is 12.6 Å². The highest BCUT2D eigenvalue weighted by atomic mass is 16.5. The van der Waals surface area contributed by atoms with Gasteiger partial charge in [-0.25, -0.2) is 0 Å². The Balaban J connectivity index is 2.15. The third-order valence-electron chi connectivity index (χ3n) is 2.92. The molecule has 100 valence electrons. The number of ether oxygens (including phenoxy) is 1. The highest BCUT2D eigenvalue weighted by Gasteiger charge is 2.27. The zero-order chi connectivity index (χ0) is 12.8. The van der Waals surface area contributed by atoms with Crippen molar-refractivity contribution in [2.24, 2.45) is 5.92 Å². The Hall–Kier alpha value is -0.610. The maximum absolute atomic E-state index is 11.0. The van der Waals surface area contributed by atoms with Crippen LogP contribution in [-0.2, 0) is 9.53 Å². The summed E-state index contributed by atoms with van der Waals surface area (Å²) >= 11 is 0. The van der Waals surface area contributed by atoms with Crippen LogP contribution in [0.3, 0.4) is 0 Å². The molecule has 0 spiro atoms. The smallest absolute Gasteiger partial charge is 0.320 e. The molecule has 0 saturated heterocycles. The van der Waals surface area contributed by atoms with Crippen LogP contribution >= 0.6 is 0 Å². The first kappa shape index (κ1) is 14.5. The zero-order valence-electron chi connectivity index (χ0n) is 11.1. The van der Waals surface area contributed by atoms with E-state index in [0.717, 1.165) is 19.3 Å². The van der Waals surface area contributed by atoms with Gasteiger partial charge in [0.25, 0.3) is 0 Å². The Bertz CT molecular complexity index is 239. The van der Waals surface area contributed by atoms with Crippen molar-refractivity contribution in [3.8, 4) is 0 Å². The van der Waals surface area contributed by atoms with Crippen molar-refractivity contribution in [3.05, 3.63) is 0 Å². The van der Waals surface area contributed by atoms with Crippen LogP contribution in [0.2, 0.25) is 0 Å². The summed E-state index contributed by atoms with van der Waals surface area (Å²) in [7, 11) is 0. The minimum Gasteiger partial charge on any atom is -0.480 e. The highest BCUT2D eigenvalue weighted by molar-refractivity contribution is 5.73. The number of carbonyl (C=O) groups is 1. The number of nitrogens with one attached hydrogen (secondary N) is 1. The predicted octanol–water partition coefficient (Wildman–Crippen LogP) is 2.03. The largest absolute Gasteiger partial charge is 0.480 e. The monoisotopic (exact) mass is 243 g/mol. The molecule has 1 saturated carbocycles. The number of aliphatic carboxylic acids is 1. The molecule has 0 heterocycles. The lowest BCUT2D eigenvalue weighted by Gasteiger charge is -2.18. The zero-order valence-corrected chi connectivity index (χ0v) is 11.1. The van der Waals surface area contributed by atoms with E-state index in [1.165, 1.54) is 0 Å². The number of carboxylic acids is 1. The third-order valence-corrected chi connectivity index (χ3v) is 2.92. The summed E-state index contributed by atoms with van der Waals surface area (Å²) in [4.78, 5) is 11.0. The van der Waals surface area contributed by atoms with Crippen molar-refractivity contribution in [1.82, 2.24) is 5.32 Å². The molecule has 1 aliphatic rings. The second kappa shape index (κ2) is 6.97. The first-order valence-corrected chi connectivity index (χ1v) is 6.59. The molecule has 0 amide bonds. The summed E-state index contributed by atoms with van der Waals surface area (Å²) in [5.41, 5.74) is 0. The summed E-state index contributed by atoms with van der Waals surface area (Å²) in [6, 6.07) is -0.0297. The quantitative estimate of drug-likeness (QED) is 0.650. The molecule has 0 aliphatic heterocycles. The Kier molecular flexibility index (Phi) is 5.92. The Labute approximate surface area is 104 Å². The number of carboxylic acid groups (broad SMARTS) is 1. The van der Waals surface area contributed by atoms with Crippen molar-refractivity contribution in [2.75, 3.05) is 6.61 Å². The maximum Gasteiger partial charge on any atom is 0.320 e. The van der Waals surface area contributed by atoms with Crippen LogP contribution in [0.15, 0.2) is 0 Å². The molecular formula is C13H25NO3. The molecule has 0 bridgehead atoms. The molecule has 1 fully saturated rings. The van der Waals surface area contributed by atoms with Gasteiger partial charge in [-0.3, -0.25) is 4.79 Å². The Morgan fingerprint density at radius 2 is 2.06 bits per heavy atom. The Morgan fingerprint density at radius 1 is 1.41 bits per heavy atom. The third kappa shape index (κ3) is 6.64. The number of rotatable bonds is 9. The lowest BCUT2D eigenvalue weighted by molar-refractivity contribution is -0.140. The Morgan fingerprint density at radius 3 is 2.53 bits per heavy atom. The van der Waals surface area contributed by atoms with Crippen molar-refractivity contribution < 1.29 is 14.6 Å². The molecule has 1 rings (SSSR count). The van der Waals surface area contributed by atoms with Crippen LogP contribution in [0.5, 0.6) is 0 Å². The second-order valence-corrected chi connectivity index (χ2v) is 5.43. The molecule has 0 aromatic carbocycles. The molecule has 2 atom stereocenters. The molecule has 2 N–H and O–H groups in total. The molecule has 0 aromatic rings. The van der Waals surface area contributed by atoms with E-state index in [-0.39, 0.29) is 6.10 Å². The van der Waals surface area contributed by atoms with Crippen LogP contribution in [-0.4, -0.2) is 35.9 Å². The van der Waals surface area contributed by atoms with Crippen LogP contribution < -0.4 is 5.32 Å². The van der Waals surface area contributed by atoms with E-state index in [0.29, 0.717) is 25.0 Å². The maximum atomic E-state index is 11.0. The van der Waals surface area contributed by atoms with Gasteiger partial charge >= 0.3 is 5.97 Å². The molecule has 17 heavy (non-hydrogen) atoms. The average molecular weight is 243 g/mol. The van der Waals surface area contributed by atoms with Gasteiger partial charge in [0.2, 0.25) is 0 Å². The van der Waals surface area contributed by atoms with E-state index >= 15 is 0 Å². The van der Waals surface area contributed by atoms with Crippen molar-refractivity contribution in [2.45, 2.75) is 64.6 Å². The second-order valence-electron chi connectivity index (χ2n) is 5.43. The van der Waals surface area contributed by atoms with Gasteiger partial charge in [0.1, 0.15) is 6.04 Å². The predicted molar refractivity (Wildman–Crippen MR) is 67.1 cm³/mol. The minimum atomic E-state index is -0.767. The van der Waals surface area contributed by atoms with Gasteiger partial charge in [-0.15, -0.1) is 0 Å². The van der Waals surface area contributed by atoms with Gasteiger partial charge in [-0.2, -0.15) is 0 Å². The first-order valence-electron chi connectivity index (χ1n) is 6.59. The fourth-order valence-corrected chi connectivity index (χ4v) is 1.93. The van der Waals surface area contributed by atoms with E-state index in [1.807, 2.05) is 6.92 Å².